The smallest absolute Gasteiger partial charge is 0.118 e. The van der Waals surface area contributed by atoms with Gasteiger partial charge in [-0.15, -0.1) is 0 Å². The van der Waals surface area contributed by atoms with Crippen LogP contribution in [-0.4, -0.2) is 19.2 Å². The molecule has 0 fully saturated rings. The number of rotatable bonds is 5. The van der Waals surface area contributed by atoms with Crippen LogP contribution in [-0.2, 0) is 0 Å². The molecule has 2 heteroatoms. The van der Waals surface area contributed by atoms with E-state index in [0.29, 0.717) is 11.8 Å². The Balaban J connectivity index is 2.59. The molecular weight excluding hydrogens is 222 g/mol. The van der Waals surface area contributed by atoms with Crippen molar-refractivity contribution in [1.29, 1.82) is 0 Å². The van der Waals surface area contributed by atoms with Gasteiger partial charge in [-0.05, 0) is 56.8 Å². The minimum absolute atomic E-state index is 0.188. The Morgan fingerprint density at radius 2 is 1.67 bits per heavy atom. The molecule has 0 bridgehead atoms. The third-order valence-corrected chi connectivity index (χ3v) is 3.45. The maximum absolute atomic E-state index is 5.19. The van der Waals surface area contributed by atoms with Gasteiger partial charge in [-0.2, -0.15) is 0 Å². The molecule has 2 nitrogen and oxygen atoms in total. The Kier molecular flexibility index (Phi) is 5.21. The molecule has 0 heterocycles. The first-order valence-electron chi connectivity index (χ1n) is 6.72. The van der Waals surface area contributed by atoms with Crippen LogP contribution in [0.5, 0.6) is 5.75 Å². The number of hydrogen-bond donors (Lipinski definition) is 1. The molecule has 1 aromatic carbocycles. The van der Waals surface area contributed by atoms with Crippen LogP contribution in [0.2, 0.25) is 0 Å². The minimum atomic E-state index is 0.188. The van der Waals surface area contributed by atoms with E-state index in [4.69, 9.17) is 4.74 Å². The van der Waals surface area contributed by atoms with E-state index in [2.05, 4.69) is 52.1 Å². The summed E-state index contributed by atoms with van der Waals surface area (Å²) in [7, 11) is 1.70. The first kappa shape index (κ1) is 15.0. The number of ether oxygens (including phenoxy) is 1. The van der Waals surface area contributed by atoms with Crippen LogP contribution in [0.1, 0.15) is 46.1 Å². The first-order valence-corrected chi connectivity index (χ1v) is 6.72. The normalized spacial score (nSPS) is 15.2. The molecule has 0 aromatic heterocycles. The van der Waals surface area contributed by atoms with E-state index in [1.54, 1.807) is 7.11 Å². The van der Waals surface area contributed by atoms with Crippen molar-refractivity contribution in [3.63, 3.8) is 0 Å². The molecule has 0 aliphatic rings. The topological polar surface area (TPSA) is 21.3 Å². The Bertz CT molecular complexity index is 350. The van der Waals surface area contributed by atoms with Gasteiger partial charge in [0.05, 0.1) is 7.11 Å². The van der Waals surface area contributed by atoms with Crippen molar-refractivity contribution in [3.05, 3.63) is 29.8 Å². The molecule has 18 heavy (non-hydrogen) atoms. The maximum atomic E-state index is 5.19. The summed E-state index contributed by atoms with van der Waals surface area (Å²) in [6.45, 7) is 12.2. The molecule has 1 N–H and O–H groups in total. The van der Waals surface area contributed by atoms with Gasteiger partial charge in [0.15, 0.2) is 0 Å². The lowest BCUT2D eigenvalue weighted by Crippen LogP contribution is -2.39. The molecule has 0 aliphatic heterocycles. The highest BCUT2D eigenvalue weighted by molar-refractivity contribution is 5.29. The van der Waals surface area contributed by atoms with E-state index in [1.807, 2.05) is 12.1 Å². The zero-order chi connectivity index (χ0) is 13.8. The van der Waals surface area contributed by atoms with Crippen LogP contribution < -0.4 is 10.1 Å². The zero-order valence-corrected chi connectivity index (χ0v) is 12.6. The standard InChI is InChI=1S/C16H27NO/c1-12(11-17-16(3,4)5)13(2)14-7-9-15(18-6)10-8-14/h7-10,12-13,17H,11H2,1-6H3. The van der Waals surface area contributed by atoms with E-state index in [1.165, 1.54) is 5.56 Å². The predicted molar refractivity (Wildman–Crippen MR) is 78.3 cm³/mol. The zero-order valence-electron chi connectivity index (χ0n) is 12.6. The molecule has 1 aromatic rings. The van der Waals surface area contributed by atoms with Crippen LogP contribution in [0, 0.1) is 5.92 Å². The minimum Gasteiger partial charge on any atom is -0.497 e. The van der Waals surface area contributed by atoms with Crippen LogP contribution in [0.25, 0.3) is 0 Å². The van der Waals surface area contributed by atoms with E-state index in [0.717, 1.165) is 12.3 Å². The summed E-state index contributed by atoms with van der Waals surface area (Å²) in [5, 5.41) is 3.57. The molecule has 1 rings (SSSR count). The second-order valence-electron chi connectivity index (χ2n) is 6.17. The fourth-order valence-electron chi connectivity index (χ4n) is 1.88. The highest BCUT2D eigenvalue weighted by atomic mass is 16.5. The van der Waals surface area contributed by atoms with E-state index in [-0.39, 0.29) is 5.54 Å². The molecule has 2 unspecified atom stereocenters. The first-order chi connectivity index (χ1) is 8.33. The largest absolute Gasteiger partial charge is 0.497 e. The van der Waals surface area contributed by atoms with Crippen molar-refractivity contribution in [2.24, 2.45) is 5.92 Å². The van der Waals surface area contributed by atoms with Gasteiger partial charge >= 0.3 is 0 Å². The third-order valence-electron chi connectivity index (χ3n) is 3.45. The van der Waals surface area contributed by atoms with Crippen molar-refractivity contribution < 1.29 is 4.74 Å². The Labute approximate surface area is 112 Å². The number of methoxy groups -OCH3 is 1. The molecule has 0 radical (unpaired) electrons. The van der Waals surface area contributed by atoms with Gasteiger partial charge in [-0.3, -0.25) is 0 Å². The van der Waals surface area contributed by atoms with Crippen molar-refractivity contribution in [1.82, 2.24) is 5.32 Å². The van der Waals surface area contributed by atoms with Crippen LogP contribution >= 0.6 is 0 Å². The lowest BCUT2D eigenvalue weighted by Gasteiger charge is -2.27. The third kappa shape index (κ3) is 4.69. The van der Waals surface area contributed by atoms with E-state index < -0.39 is 0 Å². The summed E-state index contributed by atoms with van der Waals surface area (Å²) < 4.78 is 5.19. The fourth-order valence-corrected chi connectivity index (χ4v) is 1.88. The predicted octanol–water partition coefficient (Wildman–Crippen LogP) is 3.82. The SMILES string of the molecule is COc1ccc(C(C)C(C)CNC(C)(C)C)cc1. The van der Waals surface area contributed by atoms with Crippen LogP contribution in [0.3, 0.4) is 0 Å². The summed E-state index contributed by atoms with van der Waals surface area (Å²) in [5.74, 6) is 2.08. The molecular formula is C16H27NO. The average Bonchev–Trinajstić information content (AvgIpc) is 2.34. The number of hydrogen-bond acceptors (Lipinski definition) is 2. The van der Waals surface area contributed by atoms with Crippen LogP contribution in [0.4, 0.5) is 0 Å². The molecule has 102 valence electrons. The quantitative estimate of drug-likeness (QED) is 0.856. The highest BCUT2D eigenvalue weighted by Crippen LogP contribution is 2.25. The molecule has 0 amide bonds. The molecule has 0 saturated carbocycles. The lowest BCUT2D eigenvalue weighted by atomic mass is 9.88. The van der Waals surface area contributed by atoms with Gasteiger partial charge < -0.3 is 10.1 Å². The summed E-state index contributed by atoms with van der Waals surface area (Å²) in [6.07, 6.45) is 0. The summed E-state index contributed by atoms with van der Waals surface area (Å²) in [5.41, 5.74) is 1.56. The summed E-state index contributed by atoms with van der Waals surface area (Å²) >= 11 is 0. The molecule has 0 aliphatic carbocycles. The van der Waals surface area contributed by atoms with Gasteiger partial charge in [-0.1, -0.05) is 26.0 Å². The summed E-state index contributed by atoms with van der Waals surface area (Å²) in [4.78, 5) is 0. The maximum Gasteiger partial charge on any atom is 0.118 e. The molecule has 2 atom stereocenters. The van der Waals surface area contributed by atoms with Crippen molar-refractivity contribution in [3.8, 4) is 5.75 Å². The fraction of sp³-hybridized carbons (Fsp3) is 0.625. The lowest BCUT2D eigenvalue weighted by molar-refractivity contribution is 0.359. The summed E-state index contributed by atoms with van der Waals surface area (Å²) in [6, 6.07) is 8.40. The van der Waals surface area contributed by atoms with Crippen molar-refractivity contribution in [2.75, 3.05) is 13.7 Å². The van der Waals surface area contributed by atoms with Crippen LogP contribution in [0.15, 0.2) is 24.3 Å². The highest BCUT2D eigenvalue weighted by Gasteiger charge is 2.17. The monoisotopic (exact) mass is 249 g/mol. The second-order valence-corrected chi connectivity index (χ2v) is 6.17. The van der Waals surface area contributed by atoms with Gasteiger partial charge in [0.2, 0.25) is 0 Å². The number of benzene rings is 1. The average molecular weight is 249 g/mol. The molecule has 0 spiro atoms. The second kappa shape index (κ2) is 6.24. The number of nitrogens with one attached hydrogen (secondary N) is 1. The Morgan fingerprint density at radius 1 is 1.11 bits per heavy atom. The van der Waals surface area contributed by atoms with Crippen molar-refractivity contribution >= 4 is 0 Å². The van der Waals surface area contributed by atoms with E-state index in [9.17, 15) is 0 Å². The van der Waals surface area contributed by atoms with Gasteiger partial charge in [0.25, 0.3) is 0 Å². The Hall–Kier alpha value is -1.02. The van der Waals surface area contributed by atoms with E-state index >= 15 is 0 Å². The van der Waals surface area contributed by atoms with Gasteiger partial charge in [0.1, 0.15) is 5.75 Å². The Morgan fingerprint density at radius 3 is 2.11 bits per heavy atom. The van der Waals surface area contributed by atoms with Crippen molar-refractivity contribution in [2.45, 2.75) is 46.1 Å². The molecule has 0 saturated heterocycles. The van der Waals surface area contributed by atoms with Gasteiger partial charge in [0, 0.05) is 5.54 Å². The van der Waals surface area contributed by atoms with Gasteiger partial charge in [-0.25, -0.2) is 0 Å².